The minimum atomic E-state index is -0.328. The molecule has 0 atom stereocenters. The molecule has 0 aliphatic rings. The molecule has 5 heteroatoms. The van der Waals surface area contributed by atoms with Gasteiger partial charge in [-0.25, -0.2) is 9.37 Å². The van der Waals surface area contributed by atoms with Crippen molar-refractivity contribution in [2.24, 2.45) is 0 Å². The van der Waals surface area contributed by atoms with E-state index < -0.39 is 0 Å². The monoisotopic (exact) mass is 323 g/mol. The van der Waals surface area contributed by atoms with E-state index in [1.807, 2.05) is 6.07 Å². The average Bonchev–Trinajstić information content (AvgIpc) is 2.55. The van der Waals surface area contributed by atoms with Crippen LogP contribution >= 0.6 is 11.6 Å². The van der Waals surface area contributed by atoms with E-state index in [4.69, 9.17) is 17.3 Å². The number of nitrogens with zero attached hydrogens (tertiary/aromatic N) is 2. The zero-order valence-electron chi connectivity index (χ0n) is 11.9. The highest BCUT2D eigenvalue weighted by molar-refractivity contribution is 6.30. The Labute approximate surface area is 137 Å². The number of anilines is 1. The standard InChI is InChI=1S/C18H11ClFN3/c19-13-3-1-2-12(8-13)15-9-17(23-18(22)16(15)10-21)11-4-6-14(20)7-5-11/h1-9H,(H2,22,23). The zero-order valence-corrected chi connectivity index (χ0v) is 12.7. The smallest absolute Gasteiger partial charge is 0.142 e. The number of hydrogen-bond acceptors (Lipinski definition) is 3. The second-order valence-electron chi connectivity index (χ2n) is 4.94. The average molecular weight is 324 g/mol. The largest absolute Gasteiger partial charge is 0.383 e. The Kier molecular flexibility index (Phi) is 3.96. The van der Waals surface area contributed by atoms with Crippen LogP contribution < -0.4 is 5.73 Å². The molecule has 2 aromatic carbocycles. The molecule has 0 fully saturated rings. The molecular formula is C18H11ClFN3. The molecule has 3 rings (SSSR count). The highest BCUT2D eigenvalue weighted by atomic mass is 35.5. The topological polar surface area (TPSA) is 62.7 Å². The van der Waals surface area contributed by atoms with Gasteiger partial charge in [-0.3, -0.25) is 0 Å². The highest BCUT2D eigenvalue weighted by Gasteiger charge is 2.13. The molecule has 0 amide bonds. The Morgan fingerprint density at radius 2 is 1.78 bits per heavy atom. The van der Waals surface area contributed by atoms with E-state index >= 15 is 0 Å². The van der Waals surface area contributed by atoms with Gasteiger partial charge >= 0.3 is 0 Å². The summed E-state index contributed by atoms with van der Waals surface area (Å²) in [6.45, 7) is 0. The van der Waals surface area contributed by atoms with Crippen LogP contribution in [0.2, 0.25) is 5.02 Å². The van der Waals surface area contributed by atoms with Crippen molar-refractivity contribution in [3.05, 3.63) is 71.0 Å². The lowest BCUT2D eigenvalue weighted by molar-refractivity contribution is 0.628. The van der Waals surface area contributed by atoms with Crippen molar-refractivity contribution in [2.75, 3.05) is 5.73 Å². The SMILES string of the molecule is N#Cc1c(-c2cccc(Cl)c2)cc(-c2ccc(F)cc2)nc1N. The van der Waals surface area contributed by atoms with E-state index in [0.717, 1.165) is 5.56 Å². The summed E-state index contributed by atoms with van der Waals surface area (Å²) in [4.78, 5) is 4.25. The first kappa shape index (κ1) is 15.0. The molecule has 112 valence electrons. The molecular weight excluding hydrogens is 313 g/mol. The quantitative estimate of drug-likeness (QED) is 0.746. The number of benzene rings is 2. The zero-order chi connectivity index (χ0) is 16.4. The first-order chi connectivity index (χ1) is 11.1. The van der Waals surface area contributed by atoms with Crippen molar-refractivity contribution in [1.29, 1.82) is 5.26 Å². The molecule has 0 aliphatic carbocycles. The molecule has 2 N–H and O–H groups in total. The number of hydrogen-bond donors (Lipinski definition) is 1. The molecule has 0 saturated carbocycles. The van der Waals surface area contributed by atoms with Crippen LogP contribution in [0.15, 0.2) is 54.6 Å². The summed E-state index contributed by atoms with van der Waals surface area (Å²) in [7, 11) is 0. The van der Waals surface area contributed by atoms with E-state index in [1.165, 1.54) is 12.1 Å². The fourth-order valence-corrected chi connectivity index (χ4v) is 2.52. The Hall–Kier alpha value is -2.90. The maximum Gasteiger partial charge on any atom is 0.142 e. The molecule has 23 heavy (non-hydrogen) atoms. The van der Waals surface area contributed by atoms with Crippen molar-refractivity contribution < 1.29 is 4.39 Å². The van der Waals surface area contributed by atoms with Crippen molar-refractivity contribution in [1.82, 2.24) is 4.98 Å². The first-order valence-corrected chi connectivity index (χ1v) is 7.19. The third-order valence-electron chi connectivity index (χ3n) is 3.43. The van der Waals surface area contributed by atoms with Crippen molar-refractivity contribution in [2.45, 2.75) is 0 Å². The van der Waals surface area contributed by atoms with Crippen LogP contribution in [-0.4, -0.2) is 4.98 Å². The molecule has 3 nitrogen and oxygen atoms in total. The predicted molar refractivity (Wildman–Crippen MR) is 89.2 cm³/mol. The molecule has 1 aromatic heterocycles. The normalized spacial score (nSPS) is 10.3. The lowest BCUT2D eigenvalue weighted by atomic mass is 9.98. The number of nitrogen functional groups attached to an aromatic ring is 1. The second kappa shape index (κ2) is 6.07. The Balaban J connectivity index is 2.22. The van der Waals surface area contributed by atoms with Gasteiger partial charge in [0.25, 0.3) is 0 Å². The van der Waals surface area contributed by atoms with Crippen LogP contribution in [0.4, 0.5) is 10.2 Å². The van der Waals surface area contributed by atoms with Gasteiger partial charge in [0, 0.05) is 16.1 Å². The first-order valence-electron chi connectivity index (χ1n) is 6.81. The summed E-state index contributed by atoms with van der Waals surface area (Å²) >= 11 is 6.03. The van der Waals surface area contributed by atoms with E-state index in [9.17, 15) is 9.65 Å². The summed E-state index contributed by atoms with van der Waals surface area (Å²) < 4.78 is 13.1. The molecule has 0 radical (unpaired) electrons. The second-order valence-corrected chi connectivity index (χ2v) is 5.38. The summed E-state index contributed by atoms with van der Waals surface area (Å²) in [6, 6.07) is 16.9. The van der Waals surface area contributed by atoms with E-state index in [0.29, 0.717) is 21.8 Å². The van der Waals surface area contributed by atoms with Crippen LogP contribution in [0.1, 0.15) is 5.56 Å². The molecule has 0 saturated heterocycles. The Morgan fingerprint density at radius 1 is 1.04 bits per heavy atom. The predicted octanol–water partition coefficient (Wildman–Crippen LogP) is 4.66. The van der Waals surface area contributed by atoms with E-state index in [-0.39, 0.29) is 17.2 Å². The van der Waals surface area contributed by atoms with Gasteiger partial charge in [-0.05, 0) is 48.0 Å². The van der Waals surface area contributed by atoms with Crippen LogP contribution in [0.25, 0.3) is 22.4 Å². The molecule has 3 aromatic rings. The maximum absolute atomic E-state index is 13.1. The van der Waals surface area contributed by atoms with Crippen LogP contribution in [0.3, 0.4) is 0 Å². The number of pyridine rings is 1. The minimum Gasteiger partial charge on any atom is -0.383 e. The maximum atomic E-state index is 13.1. The lowest BCUT2D eigenvalue weighted by Gasteiger charge is -2.10. The third kappa shape index (κ3) is 3.01. The van der Waals surface area contributed by atoms with Crippen LogP contribution in [-0.2, 0) is 0 Å². The molecule has 0 aliphatic heterocycles. The summed E-state index contributed by atoms with van der Waals surface area (Å²) in [6.07, 6.45) is 0. The minimum absolute atomic E-state index is 0.129. The summed E-state index contributed by atoms with van der Waals surface area (Å²) in [5.74, 6) is -0.199. The fourth-order valence-electron chi connectivity index (χ4n) is 2.33. The Bertz CT molecular complexity index is 915. The van der Waals surface area contributed by atoms with Gasteiger partial charge in [0.1, 0.15) is 23.3 Å². The van der Waals surface area contributed by atoms with Crippen molar-refractivity contribution >= 4 is 17.4 Å². The van der Waals surface area contributed by atoms with Crippen LogP contribution in [0, 0.1) is 17.1 Å². The van der Waals surface area contributed by atoms with Gasteiger partial charge in [0.15, 0.2) is 0 Å². The lowest BCUT2D eigenvalue weighted by Crippen LogP contribution is -1.99. The van der Waals surface area contributed by atoms with E-state index in [1.54, 1.807) is 36.4 Å². The van der Waals surface area contributed by atoms with Gasteiger partial charge in [0.2, 0.25) is 0 Å². The van der Waals surface area contributed by atoms with Gasteiger partial charge in [-0.15, -0.1) is 0 Å². The number of rotatable bonds is 2. The highest BCUT2D eigenvalue weighted by Crippen LogP contribution is 2.32. The number of nitriles is 1. The van der Waals surface area contributed by atoms with E-state index in [2.05, 4.69) is 11.1 Å². The van der Waals surface area contributed by atoms with Gasteiger partial charge < -0.3 is 5.73 Å². The number of aromatic nitrogens is 1. The van der Waals surface area contributed by atoms with Gasteiger partial charge in [-0.2, -0.15) is 5.26 Å². The van der Waals surface area contributed by atoms with Gasteiger partial charge in [-0.1, -0.05) is 23.7 Å². The summed E-state index contributed by atoms with van der Waals surface area (Å²) in [5.41, 5.74) is 8.92. The number of halogens is 2. The molecule has 1 heterocycles. The molecule has 0 bridgehead atoms. The van der Waals surface area contributed by atoms with Crippen molar-refractivity contribution in [3.8, 4) is 28.5 Å². The number of nitrogens with two attached hydrogens (primary N) is 1. The van der Waals surface area contributed by atoms with Crippen molar-refractivity contribution in [3.63, 3.8) is 0 Å². The summed E-state index contributed by atoms with van der Waals surface area (Å²) in [5, 5.41) is 9.94. The van der Waals surface area contributed by atoms with Gasteiger partial charge in [0.05, 0.1) is 5.69 Å². The molecule has 0 spiro atoms. The van der Waals surface area contributed by atoms with Crippen LogP contribution in [0.5, 0.6) is 0 Å². The molecule has 0 unspecified atom stereocenters. The third-order valence-corrected chi connectivity index (χ3v) is 3.67. The Morgan fingerprint density at radius 3 is 2.43 bits per heavy atom. The fraction of sp³-hybridized carbons (Fsp3) is 0.